The standard InChI is InChI=1S/C39H26N4/c1-4-14-27(15-5-1)37-40-38(28-16-6-2-7-17-28)42-39(41-37)29-24-25-36-34(26-29)32-21-11-10-20-31(32)33-22-12-13-23-35(33)43(36)30-18-8-3-9-19-30/h1-26H. The van der Waals surface area contributed by atoms with Gasteiger partial charge in [0.15, 0.2) is 17.5 Å². The third-order valence-corrected chi connectivity index (χ3v) is 7.86. The van der Waals surface area contributed by atoms with E-state index in [0.717, 1.165) is 39.3 Å². The minimum absolute atomic E-state index is 0.640. The summed E-state index contributed by atoms with van der Waals surface area (Å²) in [5.74, 6) is 1.94. The van der Waals surface area contributed by atoms with Crippen LogP contribution in [0.4, 0.5) is 17.1 Å². The number of hydrogen-bond acceptors (Lipinski definition) is 4. The third-order valence-electron chi connectivity index (χ3n) is 7.86. The van der Waals surface area contributed by atoms with Gasteiger partial charge in [0, 0.05) is 33.5 Å². The highest BCUT2D eigenvalue weighted by atomic mass is 15.1. The predicted molar refractivity (Wildman–Crippen MR) is 175 cm³/mol. The van der Waals surface area contributed by atoms with Gasteiger partial charge < -0.3 is 4.90 Å². The van der Waals surface area contributed by atoms with Gasteiger partial charge in [-0.05, 0) is 47.5 Å². The molecule has 6 aromatic carbocycles. The monoisotopic (exact) mass is 550 g/mol. The van der Waals surface area contributed by atoms with Crippen molar-refractivity contribution in [2.75, 3.05) is 4.90 Å². The Morgan fingerprint density at radius 2 is 0.767 bits per heavy atom. The number of rotatable bonds is 4. The van der Waals surface area contributed by atoms with Crippen molar-refractivity contribution in [3.63, 3.8) is 0 Å². The summed E-state index contributed by atoms with van der Waals surface area (Å²) in [5.41, 5.74) is 10.9. The fourth-order valence-electron chi connectivity index (χ4n) is 5.86. The number of nitrogens with zero attached hydrogens (tertiary/aromatic N) is 4. The van der Waals surface area contributed by atoms with Gasteiger partial charge in [-0.25, -0.2) is 15.0 Å². The molecule has 0 aliphatic carbocycles. The molecule has 1 aliphatic heterocycles. The van der Waals surface area contributed by atoms with Crippen LogP contribution in [0.1, 0.15) is 0 Å². The van der Waals surface area contributed by atoms with Crippen LogP contribution in [0.3, 0.4) is 0 Å². The van der Waals surface area contributed by atoms with Crippen molar-refractivity contribution >= 4 is 17.1 Å². The van der Waals surface area contributed by atoms with E-state index in [-0.39, 0.29) is 0 Å². The van der Waals surface area contributed by atoms with Crippen molar-refractivity contribution in [3.8, 4) is 56.4 Å². The van der Waals surface area contributed by atoms with Crippen LogP contribution in [0.15, 0.2) is 158 Å². The summed E-state index contributed by atoms with van der Waals surface area (Å²) in [5, 5.41) is 0. The molecule has 0 atom stereocenters. The molecule has 0 fully saturated rings. The molecule has 0 spiro atoms. The van der Waals surface area contributed by atoms with E-state index >= 15 is 0 Å². The largest absolute Gasteiger partial charge is 0.309 e. The van der Waals surface area contributed by atoms with E-state index in [9.17, 15) is 0 Å². The highest BCUT2D eigenvalue weighted by molar-refractivity contribution is 6.03. The Kier molecular flexibility index (Phi) is 6.08. The maximum atomic E-state index is 5.01. The number of para-hydroxylation sites is 2. The summed E-state index contributed by atoms with van der Waals surface area (Å²) in [6.07, 6.45) is 0. The SMILES string of the molecule is c1ccc(-c2nc(-c3ccccc3)nc(-c3ccc4c(c3)-c3ccccc3-c3ccccc3N4c3ccccc3)n2)cc1. The number of aromatic nitrogens is 3. The van der Waals surface area contributed by atoms with Gasteiger partial charge in [-0.2, -0.15) is 0 Å². The van der Waals surface area contributed by atoms with Crippen molar-refractivity contribution in [1.82, 2.24) is 15.0 Å². The maximum absolute atomic E-state index is 5.01. The average Bonchev–Trinajstić information content (AvgIpc) is 3.22. The lowest BCUT2D eigenvalue weighted by molar-refractivity contribution is 1.07. The van der Waals surface area contributed by atoms with E-state index < -0.39 is 0 Å². The number of fused-ring (bicyclic) bond motifs is 5. The number of hydrogen-bond donors (Lipinski definition) is 0. The van der Waals surface area contributed by atoms with Crippen molar-refractivity contribution < 1.29 is 0 Å². The molecule has 43 heavy (non-hydrogen) atoms. The van der Waals surface area contributed by atoms with Gasteiger partial charge in [0.25, 0.3) is 0 Å². The molecular weight excluding hydrogens is 524 g/mol. The fourth-order valence-corrected chi connectivity index (χ4v) is 5.86. The molecule has 202 valence electrons. The molecule has 1 aliphatic rings. The Bertz CT molecular complexity index is 2020. The van der Waals surface area contributed by atoms with Crippen LogP contribution in [0, 0.1) is 0 Å². The molecule has 1 aromatic heterocycles. The Morgan fingerprint density at radius 3 is 1.37 bits per heavy atom. The van der Waals surface area contributed by atoms with Crippen LogP contribution >= 0.6 is 0 Å². The predicted octanol–water partition coefficient (Wildman–Crippen LogP) is 9.99. The molecule has 0 saturated heterocycles. The molecule has 4 nitrogen and oxygen atoms in total. The zero-order chi connectivity index (χ0) is 28.6. The van der Waals surface area contributed by atoms with Gasteiger partial charge in [0.05, 0.1) is 11.4 Å². The minimum Gasteiger partial charge on any atom is -0.309 e. The third kappa shape index (κ3) is 4.46. The Balaban J connectivity index is 1.38. The van der Waals surface area contributed by atoms with E-state index in [1.807, 2.05) is 60.7 Å². The topological polar surface area (TPSA) is 41.9 Å². The lowest BCUT2D eigenvalue weighted by atomic mass is 9.93. The molecule has 7 aromatic rings. The Labute approximate surface area is 250 Å². The molecule has 8 rings (SSSR count). The molecule has 0 saturated carbocycles. The van der Waals surface area contributed by atoms with Crippen LogP contribution in [0.25, 0.3) is 56.4 Å². The molecule has 4 heteroatoms. The lowest BCUT2D eigenvalue weighted by Gasteiger charge is -2.27. The summed E-state index contributed by atoms with van der Waals surface area (Å²) in [6.45, 7) is 0. The van der Waals surface area contributed by atoms with Crippen LogP contribution < -0.4 is 4.90 Å². The van der Waals surface area contributed by atoms with Crippen LogP contribution in [0.5, 0.6) is 0 Å². The second kappa shape index (κ2) is 10.5. The first-order chi connectivity index (χ1) is 21.3. The van der Waals surface area contributed by atoms with Crippen molar-refractivity contribution in [2.24, 2.45) is 0 Å². The highest BCUT2D eigenvalue weighted by Gasteiger charge is 2.26. The molecule has 2 heterocycles. The van der Waals surface area contributed by atoms with E-state index in [0.29, 0.717) is 17.5 Å². The first kappa shape index (κ1) is 24.9. The lowest BCUT2D eigenvalue weighted by Crippen LogP contribution is -2.10. The van der Waals surface area contributed by atoms with E-state index in [4.69, 9.17) is 15.0 Å². The molecule has 0 radical (unpaired) electrons. The second-order valence-electron chi connectivity index (χ2n) is 10.5. The maximum Gasteiger partial charge on any atom is 0.164 e. The first-order valence-corrected chi connectivity index (χ1v) is 14.4. The van der Waals surface area contributed by atoms with E-state index in [1.165, 1.54) is 16.7 Å². The van der Waals surface area contributed by atoms with E-state index in [2.05, 4.69) is 102 Å². The van der Waals surface area contributed by atoms with Gasteiger partial charge >= 0.3 is 0 Å². The van der Waals surface area contributed by atoms with Crippen LogP contribution in [-0.4, -0.2) is 15.0 Å². The molecule has 0 bridgehead atoms. The average molecular weight is 551 g/mol. The van der Waals surface area contributed by atoms with Crippen LogP contribution in [0.2, 0.25) is 0 Å². The molecule has 0 unspecified atom stereocenters. The van der Waals surface area contributed by atoms with Crippen molar-refractivity contribution in [1.29, 1.82) is 0 Å². The number of anilines is 3. The molecule has 0 amide bonds. The minimum atomic E-state index is 0.640. The normalized spacial score (nSPS) is 11.7. The Morgan fingerprint density at radius 1 is 0.326 bits per heavy atom. The fraction of sp³-hybridized carbons (Fsp3) is 0. The van der Waals surface area contributed by atoms with Gasteiger partial charge in [-0.3, -0.25) is 0 Å². The second-order valence-corrected chi connectivity index (χ2v) is 10.5. The highest BCUT2D eigenvalue weighted by Crippen LogP contribution is 2.51. The van der Waals surface area contributed by atoms with Gasteiger partial charge in [0.2, 0.25) is 0 Å². The van der Waals surface area contributed by atoms with Gasteiger partial charge in [-0.1, -0.05) is 121 Å². The zero-order valence-corrected chi connectivity index (χ0v) is 23.3. The van der Waals surface area contributed by atoms with Gasteiger partial charge in [0.1, 0.15) is 0 Å². The quantitative estimate of drug-likeness (QED) is 0.219. The smallest absolute Gasteiger partial charge is 0.164 e. The van der Waals surface area contributed by atoms with Gasteiger partial charge in [-0.15, -0.1) is 0 Å². The van der Waals surface area contributed by atoms with Crippen molar-refractivity contribution in [2.45, 2.75) is 0 Å². The zero-order valence-electron chi connectivity index (χ0n) is 23.3. The summed E-state index contributed by atoms with van der Waals surface area (Å²) < 4.78 is 0. The first-order valence-electron chi connectivity index (χ1n) is 14.4. The number of benzene rings is 6. The van der Waals surface area contributed by atoms with Crippen molar-refractivity contribution in [3.05, 3.63) is 158 Å². The summed E-state index contributed by atoms with van der Waals surface area (Å²) in [7, 11) is 0. The van der Waals surface area contributed by atoms with Crippen LogP contribution in [-0.2, 0) is 0 Å². The van der Waals surface area contributed by atoms with E-state index in [1.54, 1.807) is 0 Å². The Hall–Kier alpha value is -5.87. The summed E-state index contributed by atoms with van der Waals surface area (Å²) in [4.78, 5) is 17.3. The summed E-state index contributed by atoms with van der Waals surface area (Å²) in [6, 6.07) is 54.6. The summed E-state index contributed by atoms with van der Waals surface area (Å²) >= 11 is 0. The molecule has 0 N–H and O–H groups in total. The molecular formula is C39H26N4.